The van der Waals surface area contributed by atoms with Gasteiger partial charge >= 0.3 is 0 Å². The molecule has 0 amide bonds. The number of aromatic nitrogens is 3. The second-order valence-corrected chi connectivity index (χ2v) is 6.18. The highest BCUT2D eigenvalue weighted by Crippen LogP contribution is 2.17. The molecule has 130 valence electrons. The van der Waals surface area contributed by atoms with E-state index in [9.17, 15) is 14.9 Å². The van der Waals surface area contributed by atoms with Gasteiger partial charge in [-0.05, 0) is 42.5 Å². The lowest BCUT2D eigenvalue weighted by atomic mass is 10.2. The molecule has 6 nitrogen and oxygen atoms in total. The summed E-state index contributed by atoms with van der Waals surface area (Å²) in [6, 6.07) is 21.3. The Hall–Kier alpha value is -3.76. The summed E-state index contributed by atoms with van der Waals surface area (Å²) in [7, 11) is 0. The predicted molar refractivity (Wildman–Crippen MR) is 105 cm³/mol. The molecule has 0 aliphatic heterocycles. The average molecular weight is 372 g/mol. The van der Waals surface area contributed by atoms with Crippen molar-refractivity contribution < 1.29 is 0 Å². The molecule has 0 atom stereocenters. The Bertz CT molecular complexity index is 1380. The molecule has 7 heteroatoms. The fourth-order valence-corrected chi connectivity index (χ4v) is 3.35. The molecule has 0 fully saturated rings. The SMILES string of the molecule is N#Cc1cc2c(=O)n(-c3ccccc3)c(=S)n(-c3ccccc3)c2[nH]c1=O. The zero-order valence-electron chi connectivity index (χ0n) is 13.9. The van der Waals surface area contributed by atoms with Gasteiger partial charge in [0.25, 0.3) is 11.1 Å². The molecule has 0 saturated carbocycles. The standard InChI is InChI=1S/C20H12N4O2S/c21-12-13-11-16-17(22-18(13)25)23(14-7-3-1-4-8-14)20(27)24(19(16)26)15-9-5-2-6-10-15/h1-11H,(H,22,25). The van der Waals surface area contributed by atoms with E-state index in [0.29, 0.717) is 11.4 Å². The van der Waals surface area contributed by atoms with Crippen molar-refractivity contribution in [2.75, 3.05) is 0 Å². The van der Waals surface area contributed by atoms with Gasteiger partial charge in [-0.1, -0.05) is 36.4 Å². The molecule has 0 unspecified atom stereocenters. The van der Waals surface area contributed by atoms with E-state index in [1.165, 1.54) is 10.6 Å². The average Bonchev–Trinajstić information content (AvgIpc) is 2.69. The van der Waals surface area contributed by atoms with E-state index in [2.05, 4.69) is 4.98 Å². The molecule has 4 aromatic rings. The molecule has 2 aromatic heterocycles. The van der Waals surface area contributed by atoms with E-state index < -0.39 is 11.1 Å². The number of nitriles is 1. The first kappa shape index (κ1) is 16.7. The number of para-hydroxylation sites is 2. The monoisotopic (exact) mass is 372 g/mol. The summed E-state index contributed by atoms with van der Waals surface area (Å²) in [6.45, 7) is 0. The van der Waals surface area contributed by atoms with Crippen LogP contribution in [0.15, 0.2) is 76.3 Å². The minimum atomic E-state index is -0.569. The van der Waals surface area contributed by atoms with Gasteiger partial charge in [0, 0.05) is 5.69 Å². The first-order valence-electron chi connectivity index (χ1n) is 8.08. The Balaban J connectivity index is 2.26. The van der Waals surface area contributed by atoms with Gasteiger partial charge in [-0.3, -0.25) is 18.7 Å². The number of nitrogens with zero attached hydrogens (tertiary/aromatic N) is 3. The zero-order chi connectivity index (χ0) is 19.0. The summed E-state index contributed by atoms with van der Waals surface area (Å²) in [6.07, 6.45) is 0. The van der Waals surface area contributed by atoms with Crippen molar-refractivity contribution in [2.24, 2.45) is 0 Å². The van der Waals surface area contributed by atoms with Gasteiger partial charge in [-0.25, -0.2) is 0 Å². The molecule has 2 heterocycles. The van der Waals surface area contributed by atoms with Crippen LogP contribution in [0, 0.1) is 16.1 Å². The second-order valence-electron chi connectivity index (χ2n) is 5.82. The molecule has 1 N–H and O–H groups in total. The highest BCUT2D eigenvalue weighted by molar-refractivity contribution is 7.71. The van der Waals surface area contributed by atoms with Crippen LogP contribution >= 0.6 is 12.2 Å². The number of benzene rings is 2. The number of nitrogens with one attached hydrogen (secondary N) is 1. The third-order valence-electron chi connectivity index (χ3n) is 4.21. The predicted octanol–water partition coefficient (Wildman–Crippen LogP) is 3.07. The summed E-state index contributed by atoms with van der Waals surface area (Å²) >= 11 is 5.61. The van der Waals surface area contributed by atoms with Crippen molar-refractivity contribution in [1.82, 2.24) is 14.1 Å². The van der Waals surface area contributed by atoms with Crippen molar-refractivity contribution in [3.63, 3.8) is 0 Å². The van der Waals surface area contributed by atoms with E-state index in [1.54, 1.807) is 28.8 Å². The van der Waals surface area contributed by atoms with Crippen LogP contribution in [0.1, 0.15) is 5.56 Å². The quantitative estimate of drug-likeness (QED) is 0.548. The molecule has 0 aliphatic carbocycles. The van der Waals surface area contributed by atoms with Gasteiger partial charge in [0.15, 0.2) is 4.77 Å². The van der Waals surface area contributed by atoms with Crippen molar-refractivity contribution >= 4 is 23.3 Å². The second kappa shape index (κ2) is 6.52. The Morgan fingerprint density at radius 2 is 1.44 bits per heavy atom. The summed E-state index contributed by atoms with van der Waals surface area (Å²) in [5, 5.41) is 9.39. The third kappa shape index (κ3) is 2.69. The maximum absolute atomic E-state index is 13.2. The van der Waals surface area contributed by atoms with Crippen LogP contribution in [-0.4, -0.2) is 14.1 Å². The fraction of sp³-hybridized carbons (Fsp3) is 0. The van der Waals surface area contributed by atoms with Crippen LogP contribution in [0.4, 0.5) is 0 Å². The van der Waals surface area contributed by atoms with Crippen LogP contribution < -0.4 is 11.1 Å². The minimum absolute atomic E-state index is 0.129. The molecule has 0 spiro atoms. The lowest BCUT2D eigenvalue weighted by Gasteiger charge is -2.16. The summed E-state index contributed by atoms with van der Waals surface area (Å²) < 4.78 is 3.23. The van der Waals surface area contributed by atoms with Crippen molar-refractivity contribution in [1.29, 1.82) is 5.26 Å². The highest BCUT2D eigenvalue weighted by Gasteiger charge is 2.16. The maximum atomic E-state index is 13.2. The van der Waals surface area contributed by atoms with E-state index in [1.807, 2.05) is 42.5 Å². The number of hydrogen-bond donors (Lipinski definition) is 1. The van der Waals surface area contributed by atoms with Crippen LogP contribution in [0.5, 0.6) is 0 Å². The first-order chi connectivity index (χ1) is 13.1. The number of pyridine rings is 1. The number of aromatic amines is 1. The summed E-state index contributed by atoms with van der Waals surface area (Å²) in [5.74, 6) is 0. The van der Waals surface area contributed by atoms with E-state index >= 15 is 0 Å². The molecule has 4 rings (SSSR count). The van der Waals surface area contributed by atoms with Crippen LogP contribution in [0.25, 0.3) is 22.4 Å². The first-order valence-corrected chi connectivity index (χ1v) is 8.48. The zero-order valence-corrected chi connectivity index (χ0v) is 14.7. The van der Waals surface area contributed by atoms with Gasteiger partial charge in [-0.2, -0.15) is 5.26 Å². The fourth-order valence-electron chi connectivity index (χ4n) is 2.97. The molecular formula is C20H12N4O2S. The lowest BCUT2D eigenvalue weighted by molar-refractivity contribution is 0.862. The Kier molecular flexibility index (Phi) is 4.03. The van der Waals surface area contributed by atoms with Crippen molar-refractivity contribution in [2.45, 2.75) is 0 Å². The molecule has 2 aromatic carbocycles. The van der Waals surface area contributed by atoms with Gasteiger partial charge in [0.05, 0.1) is 11.1 Å². The summed E-state index contributed by atoms with van der Waals surface area (Å²) in [5.41, 5.74) is 0.451. The largest absolute Gasteiger partial charge is 0.306 e. The molecule has 0 bridgehead atoms. The van der Waals surface area contributed by atoms with E-state index in [0.717, 1.165) is 0 Å². The molecular weight excluding hydrogens is 360 g/mol. The van der Waals surface area contributed by atoms with Gasteiger partial charge in [-0.15, -0.1) is 0 Å². The maximum Gasteiger partial charge on any atom is 0.268 e. The van der Waals surface area contributed by atoms with Gasteiger partial charge in [0.1, 0.15) is 17.3 Å². The van der Waals surface area contributed by atoms with Gasteiger partial charge in [0.2, 0.25) is 0 Å². The topological polar surface area (TPSA) is 83.6 Å². The Morgan fingerprint density at radius 1 is 0.889 bits per heavy atom. The molecule has 27 heavy (non-hydrogen) atoms. The van der Waals surface area contributed by atoms with E-state index in [-0.39, 0.29) is 21.4 Å². The van der Waals surface area contributed by atoms with Crippen LogP contribution in [-0.2, 0) is 0 Å². The number of hydrogen-bond acceptors (Lipinski definition) is 4. The minimum Gasteiger partial charge on any atom is -0.306 e. The van der Waals surface area contributed by atoms with Crippen molar-refractivity contribution in [3.05, 3.63) is 97.8 Å². The molecule has 0 aliphatic rings. The van der Waals surface area contributed by atoms with Crippen LogP contribution in [0.2, 0.25) is 0 Å². The van der Waals surface area contributed by atoms with Crippen LogP contribution in [0.3, 0.4) is 0 Å². The lowest BCUT2D eigenvalue weighted by Crippen LogP contribution is -2.26. The number of rotatable bonds is 2. The summed E-state index contributed by atoms with van der Waals surface area (Å²) in [4.78, 5) is 28.0. The Morgan fingerprint density at radius 3 is 2.00 bits per heavy atom. The molecule has 0 saturated heterocycles. The Labute approximate surface area is 158 Å². The molecule has 0 radical (unpaired) electrons. The number of H-pyrrole nitrogens is 1. The smallest absolute Gasteiger partial charge is 0.268 e. The number of fused-ring (bicyclic) bond motifs is 1. The van der Waals surface area contributed by atoms with Crippen molar-refractivity contribution in [3.8, 4) is 17.4 Å². The third-order valence-corrected chi connectivity index (χ3v) is 4.57. The van der Waals surface area contributed by atoms with Gasteiger partial charge < -0.3 is 4.98 Å². The highest BCUT2D eigenvalue weighted by atomic mass is 32.1. The van der Waals surface area contributed by atoms with E-state index in [4.69, 9.17) is 12.2 Å². The normalized spacial score (nSPS) is 10.6.